The van der Waals surface area contributed by atoms with Gasteiger partial charge in [-0.1, -0.05) is 48.9 Å². The van der Waals surface area contributed by atoms with E-state index >= 15 is 0 Å². The van der Waals surface area contributed by atoms with Crippen molar-refractivity contribution in [1.29, 1.82) is 0 Å². The third-order valence-corrected chi connectivity index (χ3v) is 2.52. The number of benzene rings is 1. The van der Waals surface area contributed by atoms with E-state index in [1.165, 1.54) is 24.8 Å². The van der Waals surface area contributed by atoms with Crippen molar-refractivity contribution in [3.8, 4) is 0 Å². The van der Waals surface area contributed by atoms with E-state index in [4.69, 9.17) is 0 Å². The zero-order valence-corrected chi connectivity index (χ0v) is 9.29. The topological polar surface area (TPSA) is 0 Å². The molecule has 0 fully saturated rings. The molecule has 0 N–H and O–H groups in total. The summed E-state index contributed by atoms with van der Waals surface area (Å²) in [5.74, 6) is 0. The van der Waals surface area contributed by atoms with Gasteiger partial charge in [-0.15, -0.1) is 0 Å². The van der Waals surface area contributed by atoms with Gasteiger partial charge in [0.05, 0.1) is 0 Å². The SMILES string of the molecule is CC1=CCCC1.CCc1ccccc1. The van der Waals surface area contributed by atoms with Crippen molar-refractivity contribution in [3.05, 3.63) is 47.5 Å². The van der Waals surface area contributed by atoms with Crippen LogP contribution in [0.1, 0.15) is 38.7 Å². The van der Waals surface area contributed by atoms with Gasteiger partial charge in [0.2, 0.25) is 0 Å². The van der Waals surface area contributed by atoms with Crippen LogP contribution in [0.4, 0.5) is 0 Å². The highest BCUT2D eigenvalue weighted by Crippen LogP contribution is 2.15. The van der Waals surface area contributed by atoms with Crippen LogP contribution < -0.4 is 0 Å². The Morgan fingerprint density at radius 3 is 2.14 bits per heavy atom. The molecule has 1 aromatic carbocycles. The lowest BCUT2D eigenvalue weighted by atomic mass is 10.2. The maximum absolute atomic E-state index is 2.32. The van der Waals surface area contributed by atoms with E-state index in [-0.39, 0.29) is 0 Å². The Labute approximate surface area is 87.7 Å². The monoisotopic (exact) mass is 188 g/mol. The molecule has 1 aliphatic carbocycles. The molecule has 0 aliphatic heterocycles. The van der Waals surface area contributed by atoms with E-state index in [0.29, 0.717) is 0 Å². The first-order valence-electron chi connectivity index (χ1n) is 5.52. The molecule has 1 aromatic rings. The van der Waals surface area contributed by atoms with Crippen LogP contribution in [0.5, 0.6) is 0 Å². The predicted molar refractivity (Wildman–Crippen MR) is 63.4 cm³/mol. The fourth-order valence-corrected chi connectivity index (χ4v) is 1.55. The Morgan fingerprint density at radius 2 is 1.86 bits per heavy atom. The lowest BCUT2D eigenvalue weighted by Crippen LogP contribution is -1.73. The molecule has 0 radical (unpaired) electrons. The molecule has 0 amide bonds. The van der Waals surface area contributed by atoms with Crippen molar-refractivity contribution >= 4 is 0 Å². The van der Waals surface area contributed by atoms with Gasteiger partial charge in [-0.2, -0.15) is 0 Å². The average Bonchev–Trinajstić information content (AvgIpc) is 2.71. The zero-order chi connectivity index (χ0) is 10.2. The average molecular weight is 188 g/mol. The molecule has 14 heavy (non-hydrogen) atoms. The molecule has 0 heteroatoms. The van der Waals surface area contributed by atoms with Gasteiger partial charge >= 0.3 is 0 Å². The normalized spacial score (nSPS) is 14.3. The summed E-state index contributed by atoms with van der Waals surface area (Å²) in [7, 11) is 0. The minimum atomic E-state index is 1.14. The van der Waals surface area contributed by atoms with Gasteiger partial charge in [0.25, 0.3) is 0 Å². The Balaban J connectivity index is 0.000000146. The van der Waals surface area contributed by atoms with Crippen LogP contribution >= 0.6 is 0 Å². The molecule has 0 nitrogen and oxygen atoms in total. The summed E-state index contributed by atoms with van der Waals surface area (Å²) < 4.78 is 0. The summed E-state index contributed by atoms with van der Waals surface area (Å²) in [6.07, 6.45) is 7.53. The first kappa shape index (κ1) is 11.0. The predicted octanol–water partition coefficient (Wildman–Crippen LogP) is 4.37. The van der Waals surface area contributed by atoms with Gasteiger partial charge in [-0.3, -0.25) is 0 Å². The second-order valence-corrected chi connectivity index (χ2v) is 3.78. The second kappa shape index (κ2) is 6.42. The molecular weight excluding hydrogens is 168 g/mol. The molecule has 2 rings (SSSR count). The minimum absolute atomic E-state index is 1.14. The third-order valence-electron chi connectivity index (χ3n) is 2.52. The van der Waals surface area contributed by atoms with Crippen LogP contribution in [0, 0.1) is 0 Å². The molecule has 76 valence electrons. The van der Waals surface area contributed by atoms with Gasteiger partial charge in [0.1, 0.15) is 0 Å². The first-order valence-corrected chi connectivity index (χ1v) is 5.52. The summed E-state index contributed by atoms with van der Waals surface area (Å²) in [6.45, 7) is 4.36. The molecule has 0 spiro atoms. The lowest BCUT2D eigenvalue weighted by Gasteiger charge is -1.89. The molecule has 1 aliphatic rings. The van der Waals surface area contributed by atoms with E-state index in [9.17, 15) is 0 Å². The standard InChI is InChI=1S/C8H10.C6H10/c1-2-8-6-4-3-5-7-8;1-6-4-2-3-5-6/h3-7H,2H2,1H3;4H,2-3,5H2,1H3. The number of hydrogen-bond donors (Lipinski definition) is 0. The van der Waals surface area contributed by atoms with E-state index < -0.39 is 0 Å². The summed E-state index contributed by atoms with van der Waals surface area (Å²) in [4.78, 5) is 0. The van der Waals surface area contributed by atoms with Gasteiger partial charge in [0, 0.05) is 0 Å². The quantitative estimate of drug-likeness (QED) is 0.574. The Morgan fingerprint density at radius 1 is 1.14 bits per heavy atom. The summed E-state index contributed by atoms with van der Waals surface area (Å²) in [5, 5.41) is 0. The summed E-state index contributed by atoms with van der Waals surface area (Å²) in [6, 6.07) is 10.5. The molecule has 0 atom stereocenters. The fourth-order valence-electron chi connectivity index (χ4n) is 1.55. The molecule has 0 saturated heterocycles. The number of aryl methyl sites for hydroxylation is 1. The molecule has 0 heterocycles. The van der Waals surface area contributed by atoms with E-state index in [1.54, 1.807) is 5.57 Å². The molecule has 0 bridgehead atoms. The maximum atomic E-state index is 2.32. The Kier molecular flexibility index (Phi) is 5.06. The van der Waals surface area contributed by atoms with Crippen LogP contribution in [-0.4, -0.2) is 0 Å². The van der Waals surface area contributed by atoms with Crippen molar-refractivity contribution < 1.29 is 0 Å². The minimum Gasteiger partial charge on any atom is -0.0856 e. The lowest BCUT2D eigenvalue weighted by molar-refractivity contribution is 0.907. The van der Waals surface area contributed by atoms with Crippen molar-refractivity contribution in [2.24, 2.45) is 0 Å². The van der Waals surface area contributed by atoms with Crippen molar-refractivity contribution in [1.82, 2.24) is 0 Å². The van der Waals surface area contributed by atoms with Crippen molar-refractivity contribution in [3.63, 3.8) is 0 Å². The zero-order valence-electron chi connectivity index (χ0n) is 9.29. The van der Waals surface area contributed by atoms with Gasteiger partial charge in [-0.05, 0) is 38.2 Å². The summed E-state index contributed by atoms with van der Waals surface area (Å²) >= 11 is 0. The van der Waals surface area contributed by atoms with E-state index in [2.05, 4.69) is 44.2 Å². The Hall–Kier alpha value is -1.04. The molecule has 0 unspecified atom stereocenters. The molecule has 0 aromatic heterocycles. The van der Waals surface area contributed by atoms with Crippen LogP contribution in [0.15, 0.2) is 42.0 Å². The molecule has 0 saturated carbocycles. The number of hydrogen-bond acceptors (Lipinski definition) is 0. The van der Waals surface area contributed by atoms with Crippen molar-refractivity contribution in [2.75, 3.05) is 0 Å². The van der Waals surface area contributed by atoms with Crippen LogP contribution in [0.2, 0.25) is 0 Å². The van der Waals surface area contributed by atoms with Crippen LogP contribution in [0.3, 0.4) is 0 Å². The largest absolute Gasteiger partial charge is 0.0856 e. The molecular formula is C14H20. The Bertz CT molecular complexity index is 269. The number of rotatable bonds is 1. The second-order valence-electron chi connectivity index (χ2n) is 3.78. The van der Waals surface area contributed by atoms with Crippen LogP contribution in [-0.2, 0) is 6.42 Å². The van der Waals surface area contributed by atoms with Crippen LogP contribution in [0.25, 0.3) is 0 Å². The van der Waals surface area contributed by atoms with Gasteiger partial charge in [0.15, 0.2) is 0 Å². The number of allylic oxidation sites excluding steroid dienone is 2. The highest BCUT2D eigenvalue weighted by molar-refractivity contribution is 5.13. The first-order chi connectivity index (χ1) is 6.83. The van der Waals surface area contributed by atoms with E-state index in [1.807, 2.05) is 6.07 Å². The highest BCUT2D eigenvalue weighted by atomic mass is 14.0. The fraction of sp³-hybridized carbons (Fsp3) is 0.429. The smallest absolute Gasteiger partial charge is 0.0307 e. The van der Waals surface area contributed by atoms with E-state index in [0.717, 1.165) is 6.42 Å². The summed E-state index contributed by atoms with van der Waals surface area (Å²) in [5.41, 5.74) is 2.99. The van der Waals surface area contributed by atoms with Gasteiger partial charge < -0.3 is 0 Å². The highest BCUT2D eigenvalue weighted by Gasteiger charge is 1.95. The third kappa shape index (κ3) is 4.27. The van der Waals surface area contributed by atoms with Crippen molar-refractivity contribution in [2.45, 2.75) is 39.5 Å². The van der Waals surface area contributed by atoms with Gasteiger partial charge in [-0.25, -0.2) is 0 Å². The maximum Gasteiger partial charge on any atom is -0.0307 e.